The van der Waals surface area contributed by atoms with Crippen molar-refractivity contribution in [2.75, 3.05) is 27.3 Å². The van der Waals surface area contributed by atoms with Crippen molar-refractivity contribution >= 4 is 21.8 Å². The molecule has 0 atom stereocenters. The van der Waals surface area contributed by atoms with Crippen LogP contribution >= 0.6 is 15.9 Å². The second-order valence-corrected chi connectivity index (χ2v) is 5.37. The first-order valence-corrected chi connectivity index (χ1v) is 7.82. The van der Waals surface area contributed by atoms with E-state index in [-0.39, 0.29) is 5.91 Å². The van der Waals surface area contributed by atoms with Crippen LogP contribution in [0.5, 0.6) is 11.5 Å². The van der Waals surface area contributed by atoms with E-state index < -0.39 is 0 Å². The first-order chi connectivity index (χ1) is 10.1. The number of ether oxygens (including phenoxy) is 2. The third kappa shape index (κ3) is 5.93. The molecule has 0 aliphatic rings. The summed E-state index contributed by atoms with van der Waals surface area (Å²) in [7, 11) is 3.25. The van der Waals surface area contributed by atoms with E-state index in [9.17, 15) is 4.79 Å². The van der Waals surface area contributed by atoms with E-state index in [1.165, 1.54) is 0 Å². The Bertz CT molecular complexity index is 466. The largest absolute Gasteiger partial charge is 0.493 e. The summed E-state index contributed by atoms with van der Waals surface area (Å²) in [4.78, 5) is 11.2. The lowest BCUT2D eigenvalue weighted by molar-refractivity contribution is -0.120. The van der Waals surface area contributed by atoms with Crippen molar-refractivity contribution in [1.82, 2.24) is 10.6 Å². The average Bonchev–Trinajstić information content (AvgIpc) is 2.49. The van der Waals surface area contributed by atoms with Gasteiger partial charge in [-0.25, -0.2) is 0 Å². The van der Waals surface area contributed by atoms with E-state index in [0.717, 1.165) is 23.1 Å². The highest BCUT2D eigenvalue weighted by Crippen LogP contribution is 2.36. The molecule has 1 rings (SSSR count). The van der Waals surface area contributed by atoms with E-state index in [0.29, 0.717) is 30.9 Å². The summed E-state index contributed by atoms with van der Waals surface area (Å²) in [6.45, 7) is 4.23. The number of carbonyl (C=O) groups is 1. The van der Waals surface area contributed by atoms with E-state index in [4.69, 9.17) is 9.47 Å². The molecule has 0 saturated heterocycles. The minimum atomic E-state index is 0.0191. The van der Waals surface area contributed by atoms with Crippen LogP contribution < -0.4 is 20.1 Å². The zero-order chi connectivity index (χ0) is 15.7. The van der Waals surface area contributed by atoms with Gasteiger partial charge in [-0.2, -0.15) is 0 Å². The molecule has 118 valence electrons. The Hall–Kier alpha value is -1.27. The molecule has 5 nitrogen and oxygen atoms in total. The fourth-order valence-corrected chi connectivity index (χ4v) is 2.42. The summed E-state index contributed by atoms with van der Waals surface area (Å²) >= 11 is 3.51. The second-order valence-electron chi connectivity index (χ2n) is 4.51. The number of nitrogens with one attached hydrogen (secondary N) is 2. The zero-order valence-corrected chi connectivity index (χ0v) is 14.4. The molecule has 0 heterocycles. The SMILES string of the molecule is CCNCc1cc(Br)c(OCCCC(=O)NC)c(OC)c1. The molecule has 1 aromatic rings. The van der Waals surface area contributed by atoms with E-state index in [2.05, 4.69) is 33.5 Å². The first-order valence-electron chi connectivity index (χ1n) is 7.02. The predicted octanol–water partition coefficient (Wildman–Crippen LogP) is 2.47. The summed E-state index contributed by atoms with van der Waals surface area (Å²) in [5.41, 5.74) is 1.12. The maximum atomic E-state index is 11.2. The minimum Gasteiger partial charge on any atom is -0.493 e. The fraction of sp³-hybridized carbons (Fsp3) is 0.533. The quantitative estimate of drug-likeness (QED) is 0.665. The normalized spacial score (nSPS) is 10.3. The Morgan fingerprint density at radius 3 is 2.76 bits per heavy atom. The summed E-state index contributed by atoms with van der Waals surface area (Å²) in [6.07, 6.45) is 1.11. The van der Waals surface area contributed by atoms with Gasteiger partial charge in [0.1, 0.15) is 0 Å². The van der Waals surface area contributed by atoms with Gasteiger partial charge >= 0.3 is 0 Å². The van der Waals surface area contributed by atoms with Gasteiger partial charge < -0.3 is 20.1 Å². The Labute approximate surface area is 134 Å². The fourth-order valence-electron chi connectivity index (χ4n) is 1.82. The van der Waals surface area contributed by atoms with E-state index >= 15 is 0 Å². The topological polar surface area (TPSA) is 59.6 Å². The highest BCUT2D eigenvalue weighted by molar-refractivity contribution is 9.10. The third-order valence-electron chi connectivity index (χ3n) is 2.94. The Balaban J connectivity index is 2.66. The van der Waals surface area contributed by atoms with Crippen molar-refractivity contribution in [3.8, 4) is 11.5 Å². The van der Waals surface area contributed by atoms with Crippen molar-refractivity contribution in [1.29, 1.82) is 0 Å². The maximum absolute atomic E-state index is 11.2. The molecule has 0 fully saturated rings. The molecule has 0 bridgehead atoms. The summed E-state index contributed by atoms with van der Waals surface area (Å²) in [5.74, 6) is 1.39. The van der Waals surface area contributed by atoms with Crippen LogP contribution in [-0.4, -0.2) is 33.2 Å². The van der Waals surface area contributed by atoms with E-state index in [1.807, 2.05) is 12.1 Å². The summed E-state index contributed by atoms with van der Waals surface area (Å²) in [5, 5.41) is 5.86. The van der Waals surface area contributed by atoms with Crippen molar-refractivity contribution in [3.63, 3.8) is 0 Å². The Morgan fingerprint density at radius 1 is 1.38 bits per heavy atom. The van der Waals surface area contributed by atoms with Crippen LogP contribution in [0, 0.1) is 0 Å². The number of rotatable bonds is 9. The molecule has 0 unspecified atom stereocenters. The molecular formula is C15H23BrN2O3. The number of hydrogen-bond acceptors (Lipinski definition) is 4. The van der Waals surface area contributed by atoms with Crippen LogP contribution in [0.2, 0.25) is 0 Å². The van der Waals surface area contributed by atoms with Crippen LogP contribution in [-0.2, 0) is 11.3 Å². The summed E-state index contributed by atoms with van der Waals surface area (Å²) < 4.78 is 12.0. The Kier molecular flexibility index (Phi) is 8.15. The van der Waals surface area contributed by atoms with Crippen LogP contribution in [0.3, 0.4) is 0 Å². The monoisotopic (exact) mass is 358 g/mol. The lowest BCUT2D eigenvalue weighted by atomic mass is 10.2. The van der Waals surface area contributed by atoms with Gasteiger partial charge in [-0.05, 0) is 46.6 Å². The van der Waals surface area contributed by atoms with Crippen LogP contribution in [0.4, 0.5) is 0 Å². The lowest BCUT2D eigenvalue weighted by Gasteiger charge is -2.14. The standard InChI is InChI=1S/C15H23BrN2O3/c1-4-18-10-11-8-12(16)15(13(9-11)20-3)21-7-5-6-14(19)17-2/h8-9,18H,4-7,10H2,1-3H3,(H,17,19). The molecule has 0 aliphatic carbocycles. The molecule has 21 heavy (non-hydrogen) atoms. The minimum absolute atomic E-state index is 0.0191. The predicted molar refractivity (Wildman–Crippen MR) is 86.9 cm³/mol. The van der Waals surface area contributed by atoms with Gasteiger partial charge in [-0.1, -0.05) is 6.92 Å². The molecule has 0 radical (unpaired) electrons. The van der Waals surface area contributed by atoms with Crippen molar-refractivity contribution in [2.45, 2.75) is 26.3 Å². The zero-order valence-electron chi connectivity index (χ0n) is 12.8. The number of methoxy groups -OCH3 is 1. The molecule has 0 spiro atoms. The highest BCUT2D eigenvalue weighted by Gasteiger charge is 2.11. The molecule has 0 aromatic heterocycles. The Morgan fingerprint density at radius 2 is 2.14 bits per heavy atom. The lowest BCUT2D eigenvalue weighted by Crippen LogP contribution is -2.18. The number of halogens is 1. The molecular weight excluding hydrogens is 336 g/mol. The highest BCUT2D eigenvalue weighted by atomic mass is 79.9. The number of carbonyl (C=O) groups excluding carboxylic acids is 1. The molecule has 0 saturated carbocycles. The summed E-state index contributed by atoms with van der Waals surface area (Å²) in [6, 6.07) is 3.97. The van der Waals surface area contributed by atoms with Gasteiger partial charge in [0.05, 0.1) is 18.2 Å². The number of hydrogen-bond donors (Lipinski definition) is 2. The van der Waals surface area contributed by atoms with Crippen molar-refractivity contribution < 1.29 is 14.3 Å². The van der Waals surface area contributed by atoms with Crippen molar-refractivity contribution in [2.24, 2.45) is 0 Å². The van der Waals surface area contributed by atoms with Crippen molar-refractivity contribution in [3.05, 3.63) is 22.2 Å². The smallest absolute Gasteiger partial charge is 0.219 e. The van der Waals surface area contributed by atoms with Gasteiger partial charge in [0.15, 0.2) is 11.5 Å². The number of benzene rings is 1. The molecule has 1 aromatic carbocycles. The third-order valence-corrected chi connectivity index (χ3v) is 3.53. The molecule has 2 N–H and O–H groups in total. The molecule has 1 amide bonds. The second kappa shape index (κ2) is 9.63. The number of amides is 1. The van der Waals surface area contributed by atoms with Gasteiger partial charge in [-0.15, -0.1) is 0 Å². The van der Waals surface area contributed by atoms with E-state index in [1.54, 1.807) is 14.2 Å². The van der Waals surface area contributed by atoms with Gasteiger partial charge in [0.2, 0.25) is 5.91 Å². The van der Waals surface area contributed by atoms with Gasteiger partial charge in [0, 0.05) is 20.0 Å². The van der Waals surface area contributed by atoms with Crippen LogP contribution in [0.25, 0.3) is 0 Å². The molecule has 0 aliphatic heterocycles. The van der Waals surface area contributed by atoms with Gasteiger partial charge in [0.25, 0.3) is 0 Å². The first kappa shape index (κ1) is 17.8. The van der Waals surface area contributed by atoms with Gasteiger partial charge in [-0.3, -0.25) is 4.79 Å². The maximum Gasteiger partial charge on any atom is 0.219 e. The van der Waals surface area contributed by atoms with Crippen LogP contribution in [0.1, 0.15) is 25.3 Å². The van der Waals surface area contributed by atoms with Crippen LogP contribution in [0.15, 0.2) is 16.6 Å². The average molecular weight is 359 g/mol. The molecule has 6 heteroatoms.